The van der Waals surface area contributed by atoms with E-state index in [1.54, 1.807) is 13.1 Å². The number of Topliss-reactive ketones (excluding diaryl/α,β-unsaturated/α-hetero) is 1. The number of hydrogen-bond acceptors (Lipinski definition) is 2. The lowest BCUT2D eigenvalue weighted by atomic mass is 10.2. The Kier molecular flexibility index (Phi) is 1.68. The van der Waals surface area contributed by atoms with Gasteiger partial charge >= 0.3 is 0 Å². The van der Waals surface area contributed by atoms with Gasteiger partial charge in [-0.05, 0) is 25.5 Å². The van der Waals surface area contributed by atoms with Gasteiger partial charge in [-0.25, -0.2) is 0 Å². The second-order valence-electron chi connectivity index (χ2n) is 3.31. The van der Waals surface area contributed by atoms with Crippen LogP contribution >= 0.6 is 0 Å². The molecule has 1 fully saturated rings. The molecule has 1 aromatic rings. The van der Waals surface area contributed by atoms with Gasteiger partial charge in [0.25, 0.3) is 0 Å². The fourth-order valence-electron chi connectivity index (χ4n) is 1.57. The molecule has 2 rings (SSSR count). The Bertz CT molecular complexity index is 294. The number of aromatic nitrogens is 1. The Labute approximate surface area is 71.6 Å². The molecule has 0 unspecified atom stereocenters. The van der Waals surface area contributed by atoms with E-state index in [9.17, 15) is 4.79 Å². The maximum Gasteiger partial charge on any atom is 0.133 e. The molecule has 0 N–H and O–H groups in total. The van der Waals surface area contributed by atoms with Gasteiger partial charge in [0.2, 0.25) is 0 Å². The summed E-state index contributed by atoms with van der Waals surface area (Å²) in [5.41, 5.74) is 1.07. The number of carbonyl (C=O) groups is 1. The number of rotatable bonds is 2. The zero-order valence-corrected chi connectivity index (χ0v) is 7.03. The third-order valence-electron chi connectivity index (χ3n) is 2.38. The van der Waals surface area contributed by atoms with Gasteiger partial charge in [0.1, 0.15) is 5.78 Å². The third-order valence-corrected chi connectivity index (χ3v) is 2.38. The van der Waals surface area contributed by atoms with E-state index in [1.165, 1.54) is 0 Å². The first kappa shape index (κ1) is 7.47. The van der Waals surface area contributed by atoms with Crippen molar-refractivity contribution >= 4 is 5.78 Å². The molecule has 1 aromatic heterocycles. The zero-order valence-electron chi connectivity index (χ0n) is 7.03. The van der Waals surface area contributed by atoms with Crippen molar-refractivity contribution in [2.45, 2.75) is 19.3 Å². The normalized spacial score (nSPS) is 26.8. The fraction of sp³-hybridized carbons (Fsp3) is 0.400. The van der Waals surface area contributed by atoms with Crippen LogP contribution in [0.15, 0.2) is 24.4 Å². The Hall–Kier alpha value is -1.18. The Morgan fingerprint density at radius 2 is 2.42 bits per heavy atom. The molecule has 62 valence electrons. The Morgan fingerprint density at radius 1 is 1.58 bits per heavy atom. The quantitative estimate of drug-likeness (QED) is 0.661. The van der Waals surface area contributed by atoms with Crippen molar-refractivity contribution in [2.24, 2.45) is 5.92 Å². The molecule has 0 saturated heterocycles. The van der Waals surface area contributed by atoms with Gasteiger partial charge in [0.05, 0.1) is 0 Å². The Balaban J connectivity index is 2.11. The summed E-state index contributed by atoms with van der Waals surface area (Å²) in [4.78, 5) is 15.2. The molecule has 0 bridgehead atoms. The molecule has 1 aliphatic rings. The van der Waals surface area contributed by atoms with Crippen LogP contribution in [0.4, 0.5) is 0 Å². The van der Waals surface area contributed by atoms with Crippen molar-refractivity contribution in [3.05, 3.63) is 30.1 Å². The molecule has 1 saturated carbocycles. The van der Waals surface area contributed by atoms with Gasteiger partial charge in [0.15, 0.2) is 0 Å². The molecule has 1 aliphatic carbocycles. The average molecular weight is 161 g/mol. The number of ketones is 1. The van der Waals surface area contributed by atoms with Crippen LogP contribution < -0.4 is 0 Å². The zero-order chi connectivity index (χ0) is 8.55. The highest BCUT2D eigenvalue weighted by Gasteiger charge is 2.42. The smallest absolute Gasteiger partial charge is 0.133 e. The average Bonchev–Trinajstić information content (AvgIpc) is 2.84. The van der Waals surface area contributed by atoms with Crippen LogP contribution in [-0.4, -0.2) is 10.8 Å². The van der Waals surface area contributed by atoms with Crippen LogP contribution in [0, 0.1) is 5.92 Å². The number of hydrogen-bond donors (Lipinski definition) is 0. The van der Waals surface area contributed by atoms with E-state index in [0.29, 0.717) is 11.7 Å². The first-order valence-electron chi connectivity index (χ1n) is 4.20. The van der Waals surface area contributed by atoms with Gasteiger partial charge in [-0.2, -0.15) is 0 Å². The second-order valence-corrected chi connectivity index (χ2v) is 3.31. The lowest BCUT2D eigenvalue weighted by Gasteiger charge is -1.94. The van der Waals surface area contributed by atoms with Gasteiger partial charge in [-0.1, -0.05) is 6.07 Å². The van der Waals surface area contributed by atoms with Crippen LogP contribution in [0.2, 0.25) is 0 Å². The first-order valence-corrected chi connectivity index (χ1v) is 4.20. The second kappa shape index (κ2) is 2.70. The molecule has 0 aliphatic heterocycles. The Morgan fingerprint density at radius 3 is 2.92 bits per heavy atom. The van der Waals surface area contributed by atoms with E-state index in [2.05, 4.69) is 4.98 Å². The van der Waals surface area contributed by atoms with E-state index < -0.39 is 0 Å². The maximum atomic E-state index is 11.0. The maximum absolute atomic E-state index is 11.0. The minimum absolute atomic E-state index is 0.250. The third kappa shape index (κ3) is 1.24. The highest BCUT2D eigenvalue weighted by molar-refractivity contribution is 5.82. The van der Waals surface area contributed by atoms with Gasteiger partial charge in [0, 0.05) is 23.7 Å². The summed E-state index contributed by atoms with van der Waals surface area (Å²) in [5.74, 6) is 0.953. The van der Waals surface area contributed by atoms with Crippen molar-refractivity contribution in [1.82, 2.24) is 4.98 Å². The van der Waals surface area contributed by atoms with Crippen molar-refractivity contribution in [3.63, 3.8) is 0 Å². The van der Waals surface area contributed by atoms with Crippen molar-refractivity contribution in [1.29, 1.82) is 0 Å². The largest absolute Gasteiger partial charge is 0.300 e. The summed E-state index contributed by atoms with van der Waals surface area (Å²) in [7, 11) is 0. The first-order chi connectivity index (χ1) is 5.79. The topological polar surface area (TPSA) is 30.0 Å². The summed E-state index contributed by atoms with van der Waals surface area (Å²) >= 11 is 0. The van der Waals surface area contributed by atoms with Gasteiger partial charge in [-0.15, -0.1) is 0 Å². The number of nitrogens with zero attached hydrogens (tertiary/aromatic N) is 1. The van der Waals surface area contributed by atoms with E-state index in [1.807, 2.05) is 18.2 Å². The lowest BCUT2D eigenvalue weighted by Crippen LogP contribution is -1.95. The number of pyridine rings is 1. The molecule has 0 radical (unpaired) electrons. The predicted molar refractivity (Wildman–Crippen MR) is 45.8 cm³/mol. The highest BCUT2D eigenvalue weighted by Crippen LogP contribution is 2.46. The van der Waals surface area contributed by atoms with Crippen molar-refractivity contribution < 1.29 is 4.79 Å². The molecule has 0 amide bonds. The molecular formula is C10H11NO. The highest BCUT2D eigenvalue weighted by atomic mass is 16.1. The summed E-state index contributed by atoms with van der Waals surface area (Å²) in [6.07, 6.45) is 2.77. The van der Waals surface area contributed by atoms with E-state index >= 15 is 0 Å². The molecule has 2 heteroatoms. The molecule has 0 aromatic carbocycles. The fourth-order valence-corrected chi connectivity index (χ4v) is 1.57. The molecule has 0 spiro atoms. The van der Waals surface area contributed by atoms with Crippen LogP contribution in [0.1, 0.15) is 25.0 Å². The number of carbonyl (C=O) groups excluding carboxylic acids is 1. The minimum Gasteiger partial charge on any atom is -0.300 e. The molecule has 12 heavy (non-hydrogen) atoms. The van der Waals surface area contributed by atoms with Crippen LogP contribution in [0.3, 0.4) is 0 Å². The lowest BCUT2D eigenvalue weighted by molar-refractivity contribution is -0.118. The summed E-state index contributed by atoms with van der Waals surface area (Å²) in [5, 5.41) is 0. The summed E-state index contributed by atoms with van der Waals surface area (Å²) in [6.45, 7) is 1.66. The monoisotopic (exact) mass is 161 g/mol. The summed E-state index contributed by atoms with van der Waals surface area (Å²) < 4.78 is 0. The molecule has 2 nitrogen and oxygen atoms in total. The van der Waals surface area contributed by atoms with Crippen LogP contribution in [-0.2, 0) is 4.79 Å². The minimum atomic E-state index is 0.250. The standard InChI is InChI=1S/C10H11NO/c1-7(12)8-6-9(8)10-4-2-3-5-11-10/h2-5,8-9H,6H2,1H3/t8-,9+/m1/s1. The summed E-state index contributed by atoms with van der Waals surface area (Å²) in [6, 6.07) is 5.86. The molecule has 2 atom stereocenters. The molecule has 1 heterocycles. The van der Waals surface area contributed by atoms with E-state index in [4.69, 9.17) is 0 Å². The van der Waals surface area contributed by atoms with Gasteiger partial charge < -0.3 is 0 Å². The van der Waals surface area contributed by atoms with Crippen molar-refractivity contribution in [3.8, 4) is 0 Å². The van der Waals surface area contributed by atoms with Crippen molar-refractivity contribution in [2.75, 3.05) is 0 Å². The SMILES string of the molecule is CC(=O)[C@H]1C[C@@H]1c1ccccn1. The molecular weight excluding hydrogens is 150 g/mol. The van der Waals surface area contributed by atoms with Gasteiger partial charge in [-0.3, -0.25) is 9.78 Å². The van der Waals surface area contributed by atoms with Crippen LogP contribution in [0.25, 0.3) is 0 Å². The van der Waals surface area contributed by atoms with Crippen LogP contribution in [0.5, 0.6) is 0 Å². The van der Waals surface area contributed by atoms with E-state index in [-0.39, 0.29) is 5.92 Å². The predicted octanol–water partition coefficient (Wildman–Crippen LogP) is 1.77. The van der Waals surface area contributed by atoms with E-state index in [0.717, 1.165) is 12.1 Å².